The van der Waals surface area contributed by atoms with Crippen molar-refractivity contribution in [3.63, 3.8) is 0 Å². The third-order valence-electron chi connectivity index (χ3n) is 3.09. The smallest absolute Gasteiger partial charge is 0.242 e. The largest absolute Gasteiger partial charge is 0.395 e. The number of nitrogens with zero attached hydrogens (tertiary/aromatic N) is 1. The Balaban J connectivity index is 2.20. The summed E-state index contributed by atoms with van der Waals surface area (Å²) in [6.07, 6.45) is 3.75. The summed E-state index contributed by atoms with van der Waals surface area (Å²) in [5.74, 6) is 5.51. The summed E-state index contributed by atoms with van der Waals surface area (Å²) < 4.78 is 32.7. The molecule has 1 aromatic heterocycles. The molecule has 2 heterocycles. The molecule has 0 radical (unpaired) electrons. The van der Waals surface area contributed by atoms with E-state index in [1.54, 1.807) is 0 Å². The molecule has 21 heavy (non-hydrogen) atoms. The van der Waals surface area contributed by atoms with E-state index in [-0.39, 0.29) is 11.5 Å². The Labute approximate surface area is 124 Å². The molecule has 0 spiro atoms. The fraction of sp³-hybridized carbons (Fsp3) is 0.500. The highest BCUT2D eigenvalue weighted by Crippen LogP contribution is 2.21. The normalized spacial score (nSPS) is 21.8. The number of rotatable bonds is 4. The Morgan fingerprint density at radius 3 is 3.00 bits per heavy atom. The molecular formula is C14H18N2O4S. The van der Waals surface area contributed by atoms with Crippen LogP contribution in [0.3, 0.4) is 0 Å². The molecule has 6 nitrogen and oxygen atoms in total. The van der Waals surface area contributed by atoms with Crippen LogP contribution in [0.1, 0.15) is 25.3 Å². The molecule has 0 aliphatic carbocycles. The van der Waals surface area contributed by atoms with Crippen LogP contribution in [0.25, 0.3) is 0 Å². The summed E-state index contributed by atoms with van der Waals surface area (Å²) in [7, 11) is -3.66. The third kappa shape index (κ3) is 4.25. The molecule has 0 aromatic carbocycles. The first kappa shape index (κ1) is 15.9. The Bertz CT molecular complexity index is 655. The van der Waals surface area contributed by atoms with Crippen molar-refractivity contribution in [2.45, 2.75) is 30.2 Å². The van der Waals surface area contributed by atoms with E-state index in [2.05, 4.69) is 21.5 Å². The topological polar surface area (TPSA) is 88.5 Å². The number of ether oxygens (including phenoxy) is 1. The van der Waals surface area contributed by atoms with Gasteiger partial charge in [0.25, 0.3) is 0 Å². The molecule has 1 fully saturated rings. The van der Waals surface area contributed by atoms with E-state index in [0.717, 1.165) is 0 Å². The molecule has 1 aromatic rings. The lowest BCUT2D eigenvalue weighted by atomic mass is 10.0. The van der Waals surface area contributed by atoms with Crippen molar-refractivity contribution < 1.29 is 18.3 Å². The fourth-order valence-electron chi connectivity index (χ4n) is 1.99. The van der Waals surface area contributed by atoms with E-state index < -0.39 is 15.6 Å². The Morgan fingerprint density at radius 2 is 2.33 bits per heavy atom. The minimum Gasteiger partial charge on any atom is -0.395 e. The quantitative estimate of drug-likeness (QED) is 0.780. The van der Waals surface area contributed by atoms with E-state index in [9.17, 15) is 8.42 Å². The zero-order valence-corrected chi connectivity index (χ0v) is 12.6. The van der Waals surface area contributed by atoms with Gasteiger partial charge in [-0.15, -0.1) is 0 Å². The molecule has 0 amide bonds. The highest BCUT2D eigenvalue weighted by atomic mass is 32.2. The molecule has 1 unspecified atom stereocenters. The van der Waals surface area contributed by atoms with Gasteiger partial charge in [-0.2, -0.15) is 0 Å². The number of aromatic nitrogens is 1. The molecule has 1 atom stereocenters. The second-order valence-corrected chi connectivity index (χ2v) is 6.84. The van der Waals surface area contributed by atoms with E-state index in [0.29, 0.717) is 31.6 Å². The third-order valence-corrected chi connectivity index (χ3v) is 4.70. The molecule has 1 saturated heterocycles. The number of nitrogens with one attached hydrogen (secondary N) is 1. The lowest BCUT2D eigenvalue weighted by Crippen LogP contribution is -2.46. The zero-order valence-electron chi connectivity index (χ0n) is 11.8. The number of pyridine rings is 1. The van der Waals surface area contributed by atoms with Crippen LogP contribution >= 0.6 is 0 Å². The standard InChI is InChI=1S/C14H18N2O4S/c1-14(5-7-20-11-14)16-21(18,19)13-8-12(9-15-10-13)4-2-3-6-17/h8-10,16-17H,3,5-7,11H2,1H3. The lowest BCUT2D eigenvalue weighted by molar-refractivity contribution is 0.178. The molecule has 2 N–H and O–H groups in total. The van der Waals surface area contributed by atoms with Crippen molar-refractivity contribution in [3.8, 4) is 11.8 Å². The summed E-state index contributed by atoms with van der Waals surface area (Å²) in [4.78, 5) is 3.99. The summed E-state index contributed by atoms with van der Waals surface area (Å²) in [5.41, 5.74) is -0.0867. The van der Waals surface area contributed by atoms with Gasteiger partial charge < -0.3 is 9.84 Å². The summed E-state index contributed by atoms with van der Waals surface area (Å²) in [6.45, 7) is 2.69. The lowest BCUT2D eigenvalue weighted by Gasteiger charge is -2.23. The molecule has 0 saturated carbocycles. The number of aliphatic hydroxyl groups is 1. The summed E-state index contributed by atoms with van der Waals surface area (Å²) >= 11 is 0. The number of sulfonamides is 1. The average molecular weight is 310 g/mol. The average Bonchev–Trinajstić information content (AvgIpc) is 2.85. The second-order valence-electron chi connectivity index (χ2n) is 5.15. The fourth-order valence-corrected chi connectivity index (χ4v) is 3.39. The van der Waals surface area contributed by atoms with Crippen LogP contribution in [0.15, 0.2) is 23.4 Å². The van der Waals surface area contributed by atoms with Gasteiger partial charge in [0.05, 0.1) is 18.8 Å². The first-order chi connectivity index (χ1) is 9.95. The number of hydrogen-bond donors (Lipinski definition) is 2. The van der Waals surface area contributed by atoms with Crippen molar-refractivity contribution in [2.24, 2.45) is 0 Å². The van der Waals surface area contributed by atoms with Crippen molar-refractivity contribution in [1.82, 2.24) is 9.71 Å². The molecule has 0 bridgehead atoms. The second kappa shape index (κ2) is 6.54. The van der Waals surface area contributed by atoms with E-state index in [4.69, 9.17) is 9.84 Å². The van der Waals surface area contributed by atoms with Gasteiger partial charge in [-0.25, -0.2) is 13.1 Å². The number of hydrogen-bond acceptors (Lipinski definition) is 5. The van der Waals surface area contributed by atoms with Crippen LogP contribution < -0.4 is 4.72 Å². The Hall–Kier alpha value is -1.46. The number of aliphatic hydroxyl groups excluding tert-OH is 1. The molecule has 114 valence electrons. The maximum atomic E-state index is 12.4. The van der Waals surface area contributed by atoms with Crippen LogP contribution in [-0.2, 0) is 14.8 Å². The highest BCUT2D eigenvalue weighted by Gasteiger charge is 2.34. The molecule has 1 aliphatic heterocycles. The van der Waals surface area contributed by atoms with Crippen molar-refractivity contribution in [2.75, 3.05) is 19.8 Å². The van der Waals surface area contributed by atoms with E-state index in [1.165, 1.54) is 18.5 Å². The van der Waals surface area contributed by atoms with E-state index >= 15 is 0 Å². The van der Waals surface area contributed by atoms with Crippen LogP contribution in [0.4, 0.5) is 0 Å². The van der Waals surface area contributed by atoms with Crippen molar-refractivity contribution >= 4 is 10.0 Å². The van der Waals surface area contributed by atoms with Gasteiger partial charge in [0, 0.05) is 31.0 Å². The predicted molar refractivity (Wildman–Crippen MR) is 77.0 cm³/mol. The molecule has 2 rings (SSSR count). The monoisotopic (exact) mass is 310 g/mol. The van der Waals surface area contributed by atoms with Gasteiger partial charge in [0.1, 0.15) is 4.90 Å². The van der Waals surface area contributed by atoms with E-state index in [1.807, 2.05) is 6.92 Å². The van der Waals surface area contributed by atoms with Crippen LogP contribution in [0.5, 0.6) is 0 Å². The Kier molecular flexibility index (Phi) is 4.96. The van der Waals surface area contributed by atoms with Gasteiger partial charge >= 0.3 is 0 Å². The maximum Gasteiger partial charge on any atom is 0.242 e. The van der Waals surface area contributed by atoms with Gasteiger partial charge in [0.2, 0.25) is 10.0 Å². The molecular weight excluding hydrogens is 292 g/mol. The van der Waals surface area contributed by atoms with Crippen LogP contribution in [-0.4, -0.2) is 43.9 Å². The van der Waals surface area contributed by atoms with Crippen molar-refractivity contribution in [3.05, 3.63) is 24.0 Å². The molecule has 7 heteroatoms. The SMILES string of the molecule is CC1(NS(=O)(=O)c2cncc(C#CCCO)c2)CCOC1. The van der Waals surface area contributed by atoms with Crippen LogP contribution in [0, 0.1) is 11.8 Å². The maximum absolute atomic E-state index is 12.4. The van der Waals surface area contributed by atoms with Gasteiger partial charge in [-0.1, -0.05) is 11.8 Å². The van der Waals surface area contributed by atoms with Gasteiger partial charge in [-0.3, -0.25) is 4.98 Å². The minimum atomic E-state index is -3.66. The zero-order chi connectivity index (χ0) is 15.3. The Morgan fingerprint density at radius 1 is 1.52 bits per heavy atom. The summed E-state index contributed by atoms with van der Waals surface area (Å²) in [5, 5.41) is 8.68. The first-order valence-corrected chi connectivity index (χ1v) is 8.10. The van der Waals surface area contributed by atoms with Crippen molar-refractivity contribution in [1.29, 1.82) is 0 Å². The highest BCUT2D eigenvalue weighted by molar-refractivity contribution is 7.89. The summed E-state index contributed by atoms with van der Waals surface area (Å²) in [6, 6.07) is 1.47. The van der Waals surface area contributed by atoms with Crippen LogP contribution in [0.2, 0.25) is 0 Å². The minimum absolute atomic E-state index is 0.0294. The van der Waals surface area contributed by atoms with Gasteiger partial charge in [0.15, 0.2) is 0 Å². The predicted octanol–water partition coefficient (Wildman–Crippen LogP) is 0.273. The first-order valence-electron chi connectivity index (χ1n) is 6.62. The molecule has 1 aliphatic rings. The van der Waals surface area contributed by atoms with Gasteiger partial charge in [-0.05, 0) is 19.4 Å².